The van der Waals surface area contributed by atoms with E-state index in [2.05, 4.69) is 27.6 Å². The zero-order chi connectivity index (χ0) is 10.1. The average Bonchev–Trinajstić information content (AvgIpc) is 2.73. The summed E-state index contributed by atoms with van der Waals surface area (Å²) in [5.41, 5.74) is 6.40. The van der Waals surface area contributed by atoms with Crippen LogP contribution < -0.4 is 5.73 Å². The average molecular weight is 342 g/mol. The van der Waals surface area contributed by atoms with Crippen LogP contribution in [0, 0.1) is 3.57 Å². The zero-order valence-corrected chi connectivity index (χ0v) is 11.0. The van der Waals surface area contributed by atoms with Crippen molar-refractivity contribution in [2.45, 2.75) is 12.5 Å². The number of likely N-dealkylation sites (tertiary alicyclic amines) is 1. The molecular weight excluding hydrogens is 328 g/mol. The maximum atomic E-state index is 11.8. The van der Waals surface area contributed by atoms with E-state index in [-0.39, 0.29) is 24.4 Å². The molecule has 2 heterocycles. The number of hydrogen-bond donors (Lipinski definition) is 2. The molecule has 0 aromatic carbocycles. The molecule has 2 rings (SSSR count). The molecule has 0 bridgehead atoms. The summed E-state index contributed by atoms with van der Waals surface area (Å²) in [5.74, 6) is 0.0564. The lowest BCUT2D eigenvalue weighted by molar-refractivity contribution is 0.0786. The van der Waals surface area contributed by atoms with E-state index in [1.807, 2.05) is 12.3 Å². The number of hydrogen-bond acceptors (Lipinski definition) is 2. The van der Waals surface area contributed by atoms with E-state index in [0.29, 0.717) is 12.2 Å². The lowest BCUT2D eigenvalue weighted by Gasteiger charge is -2.14. The predicted molar refractivity (Wildman–Crippen MR) is 69.3 cm³/mol. The highest BCUT2D eigenvalue weighted by Crippen LogP contribution is 2.13. The number of nitrogens with two attached hydrogens (primary N) is 1. The Hall–Kier alpha value is -0.270. The Balaban J connectivity index is 0.00000112. The molecule has 1 aliphatic rings. The zero-order valence-electron chi connectivity index (χ0n) is 8.07. The number of aromatic amines is 1. The minimum Gasteiger partial charge on any atom is -0.356 e. The van der Waals surface area contributed by atoms with Gasteiger partial charge in [-0.3, -0.25) is 4.79 Å². The third-order valence-electron chi connectivity index (χ3n) is 2.39. The maximum Gasteiger partial charge on any atom is 0.270 e. The van der Waals surface area contributed by atoms with E-state index in [9.17, 15) is 4.79 Å². The van der Waals surface area contributed by atoms with Gasteiger partial charge in [-0.25, -0.2) is 0 Å². The first kappa shape index (κ1) is 12.8. The third-order valence-corrected chi connectivity index (χ3v) is 3.01. The minimum absolute atomic E-state index is 0. The van der Waals surface area contributed by atoms with Gasteiger partial charge in [-0.1, -0.05) is 0 Å². The quantitative estimate of drug-likeness (QED) is 0.754. The lowest BCUT2D eigenvalue weighted by Crippen LogP contribution is -2.32. The Bertz CT molecular complexity index is 355. The summed E-state index contributed by atoms with van der Waals surface area (Å²) in [6.07, 6.45) is 2.73. The van der Waals surface area contributed by atoms with E-state index in [4.69, 9.17) is 5.73 Å². The van der Waals surface area contributed by atoms with Gasteiger partial charge in [-0.2, -0.15) is 0 Å². The third kappa shape index (κ3) is 2.85. The summed E-state index contributed by atoms with van der Waals surface area (Å²) in [5, 5.41) is 0. The molecule has 0 spiro atoms. The standard InChI is InChI=1S/C9H12IN3O.ClH/c10-6-3-8(12-4-6)9(14)13-2-1-7(11)5-13;/h3-4,7,12H,1-2,5,11H2;1H/t7-;/m0./s1. The minimum atomic E-state index is 0. The fourth-order valence-corrected chi connectivity index (χ4v) is 2.10. The van der Waals surface area contributed by atoms with Crippen molar-refractivity contribution in [3.63, 3.8) is 0 Å². The van der Waals surface area contributed by atoms with Crippen molar-refractivity contribution in [1.29, 1.82) is 0 Å². The van der Waals surface area contributed by atoms with Crippen molar-refractivity contribution in [2.24, 2.45) is 5.73 Å². The Morgan fingerprint density at radius 2 is 2.40 bits per heavy atom. The van der Waals surface area contributed by atoms with Crippen LogP contribution in [0.5, 0.6) is 0 Å². The number of amides is 1. The van der Waals surface area contributed by atoms with Gasteiger partial charge in [0.05, 0.1) is 0 Å². The number of nitrogens with one attached hydrogen (secondary N) is 1. The van der Waals surface area contributed by atoms with Crippen LogP contribution in [-0.4, -0.2) is 34.9 Å². The summed E-state index contributed by atoms with van der Waals surface area (Å²) in [4.78, 5) is 16.6. The second-order valence-electron chi connectivity index (χ2n) is 3.53. The lowest BCUT2D eigenvalue weighted by atomic mass is 10.3. The monoisotopic (exact) mass is 341 g/mol. The van der Waals surface area contributed by atoms with E-state index in [1.54, 1.807) is 4.90 Å². The molecule has 4 nitrogen and oxygen atoms in total. The molecule has 1 aromatic heterocycles. The second-order valence-corrected chi connectivity index (χ2v) is 4.78. The van der Waals surface area contributed by atoms with Gasteiger partial charge in [0.25, 0.3) is 5.91 Å². The Labute approximate surface area is 108 Å². The van der Waals surface area contributed by atoms with Crippen LogP contribution >= 0.6 is 35.0 Å². The molecule has 1 amide bonds. The molecule has 15 heavy (non-hydrogen) atoms. The normalized spacial score (nSPS) is 20.1. The number of rotatable bonds is 1. The number of carbonyl (C=O) groups excluding carboxylic acids is 1. The smallest absolute Gasteiger partial charge is 0.270 e. The van der Waals surface area contributed by atoms with Crippen molar-refractivity contribution in [3.05, 3.63) is 21.5 Å². The first-order valence-electron chi connectivity index (χ1n) is 4.55. The highest BCUT2D eigenvalue weighted by molar-refractivity contribution is 14.1. The summed E-state index contributed by atoms with van der Waals surface area (Å²) in [7, 11) is 0. The molecular formula is C9H13ClIN3O. The summed E-state index contributed by atoms with van der Waals surface area (Å²) >= 11 is 2.17. The molecule has 6 heteroatoms. The van der Waals surface area contributed by atoms with E-state index < -0.39 is 0 Å². The van der Waals surface area contributed by atoms with Crippen LogP contribution in [0.4, 0.5) is 0 Å². The fourth-order valence-electron chi connectivity index (χ4n) is 1.63. The van der Waals surface area contributed by atoms with Gasteiger partial charge >= 0.3 is 0 Å². The number of nitrogens with zero attached hydrogens (tertiary/aromatic N) is 1. The number of H-pyrrole nitrogens is 1. The van der Waals surface area contributed by atoms with Crippen LogP contribution in [0.25, 0.3) is 0 Å². The van der Waals surface area contributed by atoms with E-state index in [0.717, 1.165) is 16.5 Å². The van der Waals surface area contributed by atoms with Gasteiger partial charge in [-0.05, 0) is 35.1 Å². The van der Waals surface area contributed by atoms with Crippen molar-refractivity contribution in [1.82, 2.24) is 9.88 Å². The van der Waals surface area contributed by atoms with Gasteiger partial charge in [0.2, 0.25) is 0 Å². The van der Waals surface area contributed by atoms with Gasteiger partial charge in [0, 0.05) is 28.9 Å². The maximum absolute atomic E-state index is 11.8. The molecule has 1 saturated heterocycles. The summed E-state index contributed by atoms with van der Waals surface area (Å²) in [6, 6.07) is 2.00. The Kier molecular flexibility index (Phi) is 4.42. The van der Waals surface area contributed by atoms with E-state index in [1.165, 1.54) is 0 Å². The molecule has 1 atom stereocenters. The molecule has 84 valence electrons. The summed E-state index contributed by atoms with van der Waals surface area (Å²) in [6.45, 7) is 1.45. The van der Waals surface area contributed by atoms with Crippen LogP contribution in [-0.2, 0) is 0 Å². The molecule has 1 fully saturated rings. The van der Waals surface area contributed by atoms with Gasteiger partial charge in [-0.15, -0.1) is 12.4 Å². The second kappa shape index (κ2) is 5.18. The highest BCUT2D eigenvalue weighted by Gasteiger charge is 2.25. The number of carbonyl (C=O) groups is 1. The molecule has 0 radical (unpaired) electrons. The van der Waals surface area contributed by atoms with Crippen molar-refractivity contribution >= 4 is 40.9 Å². The molecule has 1 aromatic rings. The largest absolute Gasteiger partial charge is 0.356 e. The van der Waals surface area contributed by atoms with Crippen LogP contribution in [0.2, 0.25) is 0 Å². The Morgan fingerprint density at radius 1 is 1.67 bits per heavy atom. The van der Waals surface area contributed by atoms with Crippen LogP contribution in [0.3, 0.4) is 0 Å². The van der Waals surface area contributed by atoms with Crippen molar-refractivity contribution in [3.8, 4) is 0 Å². The van der Waals surface area contributed by atoms with Crippen molar-refractivity contribution < 1.29 is 4.79 Å². The number of halogens is 2. The topological polar surface area (TPSA) is 62.1 Å². The molecule has 3 N–H and O–H groups in total. The fraction of sp³-hybridized carbons (Fsp3) is 0.444. The first-order chi connectivity index (χ1) is 6.66. The molecule has 0 saturated carbocycles. The van der Waals surface area contributed by atoms with Crippen molar-refractivity contribution in [2.75, 3.05) is 13.1 Å². The molecule has 0 unspecified atom stereocenters. The van der Waals surface area contributed by atoms with Gasteiger partial charge in [0.15, 0.2) is 0 Å². The molecule has 0 aliphatic carbocycles. The number of aromatic nitrogens is 1. The SMILES string of the molecule is Cl.N[C@H]1CCN(C(=O)c2cc(I)c[nH]2)C1. The van der Waals surface area contributed by atoms with Gasteiger partial charge < -0.3 is 15.6 Å². The summed E-state index contributed by atoms with van der Waals surface area (Å²) < 4.78 is 1.05. The predicted octanol–water partition coefficient (Wildman–Crippen LogP) is 1.21. The van der Waals surface area contributed by atoms with Crippen LogP contribution in [0.1, 0.15) is 16.9 Å². The Morgan fingerprint density at radius 3 is 2.87 bits per heavy atom. The van der Waals surface area contributed by atoms with Gasteiger partial charge in [0.1, 0.15) is 5.69 Å². The van der Waals surface area contributed by atoms with Crippen LogP contribution in [0.15, 0.2) is 12.3 Å². The molecule has 1 aliphatic heterocycles. The highest BCUT2D eigenvalue weighted by atomic mass is 127. The first-order valence-corrected chi connectivity index (χ1v) is 5.63. The van der Waals surface area contributed by atoms with E-state index >= 15 is 0 Å².